The molecule has 2 rings (SSSR count). The number of aromatic nitrogens is 1. The smallest absolute Gasteiger partial charge is 0.152 e. The van der Waals surface area contributed by atoms with Gasteiger partial charge in [-0.25, -0.2) is 4.98 Å². The van der Waals surface area contributed by atoms with Crippen molar-refractivity contribution in [1.29, 1.82) is 10.8 Å². The van der Waals surface area contributed by atoms with E-state index in [-0.39, 0.29) is 12.4 Å². The molecule has 6 nitrogen and oxygen atoms in total. The molecule has 0 bridgehead atoms. The monoisotopic (exact) mass is 247 g/mol. The maximum absolute atomic E-state index is 9.00. The third kappa shape index (κ3) is 2.65. The zero-order valence-corrected chi connectivity index (χ0v) is 10.0. The molecule has 1 aliphatic carbocycles. The summed E-state index contributed by atoms with van der Waals surface area (Å²) < 4.78 is 0. The lowest BCUT2D eigenvalue weighted by molar-refractivity contribution is 0.266. The van der Waals surface area contributed by atoms with Crippen LogP contribution in [0, 0.1) is 22.7 Å². The largest absolute Gasteiger partial charge is 0.396 e. The first kappa shape index (κ1) is 12.5. The molecule has 96 valence electrons. The van der Waals surface area contributed by atoms with E-state index in [9.17, 15) is 0 Å². The Hall–Kier alpha value is -1.95. The van der Waals surface area contributed by atoms with E-state index >= 15 is 0 Å². The maximum Gasteiger partial charge on any atom is 0.152 e. The highest BCUT2D eigenvalue weighted by atomic mass is 16.3. The van der Waals surface area contributed by atoms with Crippen molar-refractivity contribution in [3.05, 3.63) is 23.9 Å². The van der Waals surface area contributed by atoms with E-state index in [0.29, 0.717) is 29.9 Å². The van der Waals surface area contributed by atoms with Gasteiger partial charge in [0.1, 0.15) is 11.5 Å². The topological polar surface area (TPSA) is 110 Å². The van der Waals surface area contributed by atoms with Crippen LogP contribution in [0.1, 0.15) is 12.1 Å². The summed E-state index contributed by atoms with van der Waals surface area (Å²) >= 11 is 0. The Bertz CT molecular complexity index is 462. The lowest BCUT2D eigenvalue weighted by Crippen LogP contribution is -2.32. The van der Waals surface area contributed by atoms with E-state index in [4.69, 9.17) is 21.7 Å². The van der Waals surface area contributed by atoms with Crippen LogP contribution >= 0.6 is 0 Å². The number of nitrogens with zero attached hydrogens (tertiary/aromatic N) is 2. The zero-order valence-electron chi connectivity index (χ0n) is 10.0. The van der Waals surface area contributed by atoms with Crippen molar-refractivity contribution < 1.29 is 5.11 Å². The lowest BCUT2D eigenvalue weighted by atomic mass is 10.2. The van der Waals surface area contributed by atoms with Gasteiger partial charge in [-0.1, -0.05) is 6.07 Å². The van der Waals surface area contributed by atoms with Crippen molar-refractivity contribution in [3.8, 4) is 0 Å². The Labute approximate surface area is 105 Å². The Balaban J connectivity index is 2.04. The molecule has 0 spiro atoms. The molecule has 0 radical (unpaired) electrons. The molecule has 5 N–H and O–H groups in total. The van der Waals surface area contributed by atoms with Crippen molar-refractivity contribution in [2.45, 2.75) is 6.42 Å². The fraction of sp³-hybridized carbons (Fsp3) is 0.417. The van der Waals surface area contributed by atoms with Crippen LogP contribution in [-0.2, 0) is 0 Å². The molecule has 6 heteroatoms. The predicted octanol–water partition coefficient (Wildman–Crippen LogP) is 0.527. The number of anilines is 1. The number of hydrogen-bond acceptors (Lipinski definition) is 5. The molecular formula is C12H17N5O. The summed E-state index contributed by atoms with van der Waals surface area (Å²) in [5, 5.41) is 24.4. The van der Waals surface area contributed by atoms with Gasteiger partial charge in [-0.05, 0) is 30.4 Å². The van der Waals surface area contributed by atoms with Crippen LogP contribution in [0.15, 0.2) is 18.2 Å². The van der Waals surface area contributed by atoms with E-state index < -0.39 is 0 Å². The van der Waals surface area contributed by atoms with Gasteiger partial charge in [-0.3, -0.25) is 10.8 Å². The molecule has 18 heavy (non-hydrogen) atoms. The standard InChI is InChI=1S/C12H17N5O/c13-7-17(5-8-4-9(8)6-18)12(15)10-2-1-3-11(14)16-10/h1-3,7-9,13,15,18H,4-6H2,(H2,14,16). The lowest BCUT2D eigenvalue weighted by Gasteiger charge is -2.19. The third-order valence-corrected chi connectivity index (χ3v) is 3.19. The Kier molecular flexibility index (Phi) is 3.57. The van der Waals surface area contributed by atoms with E-state index in [1.54, 1.807) is 18.2 Å². The van der Waals surface area contributed by atoms with Crippen molar-refractivity contribution in [2.75, 3.05) is 18.9 Å². The summed E-state index contributed by atoms with van der Waals surface area (Å²) in [7, 11) is 0. The highest BCUT2D eigenvalue weighted by molar-refractivity contribution is 6.00. The fourth-order valence-electron chi connectivity index (χ4n) is 1.95. The molecule has 0 amide bonds. The number of nitrogen functional groups attached to an aromatic ring is 1. The van der Waals surface area contributed by atoms with Crippen molar-refractivity contribution in [3.63, 3.8) is 0 Å². The van der Waals surface area contributed by atoms with E-state index in [1.165, 1.54) is 4.90 Å². The first-order valence-corrected chi connectivity index (χ1v) is 5.85. The Morgan fingerprint density at radius 1 is 1.56 bits per heavy atom. The molecule has 2 atom stereocenters. The second-order valence-electron chi connectivity index (χ2n) is 4.52. The van der Waals surface area contributed by atoms with Crippen molar-refractivity contribution in [1.82, 2.24) is 9.88 Å². The number of aliphatic hydroxyl groups excluding tert-OH is 1. The summed E-state index contributed by atoms with van der Waals surface area (Å²) in [6.45, 7) is 0.754. The van der Waals surface area contributed by atoms with Gasteiger partial charge in [0.2, 0.25) is 0 Å². The van der Waals surface area contributed by atoms with E-state index in [2.05, 4.69) is 4.98 Å². The summed E-state index contributed by atoms with van der Waals surface area (Å²) in [5.41, 5.74) is 6.04. The molecule has 1 heterocycles. The van der Waals surface area contributed by atoms with Crippen LogP contribution in [0.4, 0.5) is 5.82 Å². The van der Waals surface area contributed by atoms with Crippen LogP contribution in [0.25, 0.3) is 0 Å². The average molecular weight is 247 g/mol. The van der Waals surface area contributed by atoms with Crippen LogP contribution < -0.4 is 5.73 Å². The van der Waals surface area contributed by atoms with Crippen LogP contribution in [0.5, 0.6) is 0 Å². The van der Waals surface area contributed by atoms with Gasteiger partial charge in [-0.2, -0.15) is 0 Å². The summed E-state index contributed by atoms with van der Waals surface area (Å²) in [6, 6.07) is 5.10. The Morgan fingerprint density at radius 3 is 2.89 bits per heavy atom. The van der Waals surface area contributed by atoms with E-state index in [1.807, 2.05) is 0 Å². The summed E-state index contributed by atoms with van der Waals surface area (Å²) in [4.78, 5) is 5.60. The highest BCUT2D eigenvalue weighted by Gasteiger charge is 2.37. The minimum Gasteiger partial charge on any atom is -0.396 e. The van der Waals surface area contributed by atoms with Crippen LogP contribution in [0.2, 0.25) is 0 Å². The van der Waals surface area contributed by atoms with Gasteiger partial charge < -0.3 is 15.7 Å². The molecular weight excluding hydrogens is 230 g/mol. The molecule has 2 unspecified atom stereocenters. The molecule has 0 saturated heterocycles. The van der Waals surface area contributed by atoms with Gasteiger partial charge in [0, 0.05) is 13.2 Å². The molecule has 1 aromatic rings. The number of nitrogens with two attached hydrogens (primary N) is 1. The number of amidine groups is 1. The second-order valence-corrected chi connectivity index (χ2v) is 4.52. The van der Waals surface area contributed by atoms with Crippen LogP contribution in [0.3, 0.4) is 0 Å². The number of aliphatic hydroxyl groups is 1. The molecule has 1 aliphatic rings. The number of pyridine rings is 1. The fourth-order valence-corrected chi connectivity index (χ4v) is 1.95. The normalized spacial score (nSPS) is 21.4. The first-order valence-electron chi connectivity index (χ1n) is 5.85. The van der Waals surface area contributed by atoms with Gasteiger partial charge >= 0.3 is 0 Å². The maximum atomic E-state index is 9.00. The second kappa shape index (κ2) is 5.14. The van der Waals surface area contributed by atoms with Gasteiger partial charge in [0.15, 0.2) is 5.84 Å². The third-order valence-electron chi connectivity index (χ3n) is 3.19. The molecule has 0 aliphatic heterocycles. The summed E-state index contributed by atoms with van der Waals surface area (Å²) in [6.07, 6.45) is 2.08. The Morgan fingerprint density at radius 2 is 2.33 bits per heavy atom. The van der Waals surface area contributed by atoms with Gasteiger partial charge in [0.25, 0.3) is 0 Å². The first-order chi connectivity index (χ1) is 8.65. The average Bonchev–Trinajstić information content (AvgIpc) is 3.13. The molecule has 0 aromatic carbocycles. The van der Waals surface area contributed by atoms with Crippen molar-refractivity contribution in [2.24, 2.45) is 11.8 Å². The summed E-state index contributed by atoms with van der Waals surface area (Å²) in [5.74, 6) is 1.20. The number of hydrogen-bond donors (Lipinski definition) is 4. The quantitative estimate of drug-likeness (QED) is 0.449. The minimum atomic E-state index is 0.167. The predicted molar refractivity (Wildman–Crippen MR) is 69.7 cm³/mol. The van der Waals surface area contributed by atoms with E-state index in [0.717, 1.165) is 12.8 Å². The minimum absolute atomic E-state index is 0.167. The molecule has 1 fully saturated rings. The van der Waals surface area contributed by atoms with Gasteiger partial charge in [-0.15, -0.1) is 0 Å². The van der Waals surface area contributed by atoms with Crippen LogP contribution in [-0.4, -0.2) is 40.3 Å². The number of nitrogens with one attached hydrogen (secondary N) is 2. The van der Waals surface area contributed by atoms with Crippen molar-refractivity contribution >= 4 is 18.0 Å². The van der Waals surface area contributed by atoms with Gasteiger partial charge in [0.05, 0.1) is 6.34 Å². The number of rotatable bonds is 5. The molecule has 1 aromatic heterocycles. The zero-order chi connectivity index (χ0) is 13.1. The SMILES string of the molecule is N=CN(CC1CC1CO)C(=N)c1cccc(N)n1. The highest BCUT2D eigenvalue weighted by Crippen LogP contribution is 2.38. The molecule has 1 saturated carbocycles.